The molecule has 1 saturated heterocycles. The van der Waals surface area contributed by atoms with Crippen LogP contribution in [-0.4, -0.2) is 48.7 Å². The maximum absolute atomic E-state index is 5.42. The van der Waals surface area contributed by atoms with Crippen LogP contribution in [0.15, 0.2) is 58.5 Å². The Hall–Kier alpha value is -3.50. The van der Waals surface area contributed by atoms with Crippen molar-refractivity contribution in [1.29, 1.82) is 0 Å². The fraction of sp³-hybridized carbons (Fsp3) is 0.182. The highest BCUT2D eigenvalue weighted by molar-refractivity contribution is 5.64. The van der Waals surface area contributed by atoms with Gasteiger partial charge in [-0.15, -0.1) is 12.8 Å². The monoisotopic (exact) mass is 340 g/mol. The lowest BCUT2D eigenvalue weighted by Crippen LogP contribution is -2.44. The average molecular weight is 340 g/mol. The van der Waals surface area contributed by atoms with E-state index in [0.29, 0.717) is 0 Å². The summed E-state index contributed by atoms with van der Waals surface area (Å²) in [6, 6.07) is 15.4. The molecule has 0 N–H and O–H groups in total. The van der Waals surface area contributed by atoms with Crippen LogP contribution in [0.5, 0.6) is 0 Å². The molecule has 0 aromatic heterocycles. The predicted octanol–water partition coefficient (Wildman–Crippen LogP) is 3.29. The van der Waals surface area contributed by atoms with E-state index in [1.165, 1.54) is 0 Å². The van der Waals surface area contributed by atoms with Gasteiger partial charge in [0.1, 0.15) is 0 Å². The minimum absolute atomic E-state index is 0.842. The summed E-state index contributed by atoms with van der Waals surface area (Å²) >= 11 is 0. The molecule has 1 heterocycles. The molecular formula is C22H20N4. The number of nitrogens with zero attached hydrogens (tertiary/aromatic N) is 4. The van der Waals surface area contributed by atoms with Crippen molar-refractivity contribution in [3.63, 3.8) is 0 Å². The van der Waals surface area contributed by atoms with Crippen molar-refractivity contribution in [3.8, 4) is 24.7 Å². The number of rotatable bonds is 4. The summed E-state index contributed by atoms with van der Waals surface area (Å²) in [5.41, 5.74) is 3.43. The summed E-state index contributed by atoms with van der Waals surface area (Å²) < 4.78 is 0. The minimum atomic E-state index is 0.842. The predicted molar refractivity (Wildman–Crippen MR) is 108 cm³/mol. The number of aliphatic imine (C=N–C) groups is 2. The van der Waals surface area contributed by atoms with Crippen molar-refractivity contribution in [2.24, 2.45) is 9.98 Å². The van der Waals surface area contributed by atoms with Gasteiger partial charge < -0.3 is 9.80 Å². The zero-order valence-corrected chi connectivity index (χ0v) is 14.5. The van der Waals surface area contributed by atoms with Crippen molar-refractivity contribution >= 4 is 24.1 Å². The first-order chi connectivity index (χ1) is 12.8. The van der Waals surface area contributed by atoms with Crippen molar-refractivity contribution in [1.82, 2.24) is 9.80 Å². The van der Waals surface area contributed by atoms with E-state index in [1.807, 2.05) is 61.2 Å². The molecule has 0 radical (unpaired) electrons. The molecule has 4 nitrogen and oxygen atoms in total. The molecule has 0 bridgehead atoms. The molecule has 26 heavy (non-hydrogen) atoms. The lowest BCUT2D eigenvalue weighted by Gasteiger charge is -2.32. The van der Waals surface area contributed by atoms with E-state index in [1.54, 1.807) is 0 Å². The van der Waals surface area contributed by atoms with Crippen molar-refractivity contribution in [2.45, 2.75) is 0 Å². The zero-order valence-electron chi connectivity index (χ0n) is 14.5. The molecule has 1 fully saturated rings. The smallest absolute Gasteiger partial charge is 0.0913 e. The molecule has 1 aliphatic rings. The van der Waals surface area contributed by atoms with E-state index < -0.39 is 0 Å². The summed E-state index contributed by atoms with van der Waals surface area (Å²) in [4.78, 5) is 13.4. The quantitative estimate of drug-likeness (QED) is 0.486. The van der Waals surface area contributed by atoms with Crippen LogP contribution in [-0.2, 0) is 0 Å². The molecule has 0 spiro atoms. The van der Waals surface area contributed by atoms with E-state index in [9.17, 15) is 0 Å². The van der Waals surface area contributed by atoms with Gasteiger partial charge in [0, 0.05) is 37.3 Å². The third-order valence-electron chi connectivity index (χ3n) is 4.11. The summed E-state index contributed by atoms with van der Waals surface area (Å²) in [5, 5.41) is 0. The largest absolute Gasteiger partial charge is 0.359 e. The highest BCUT2D eigenvalue weighted by atomic mass is 15.3. The van der Waals surface area contributed by atoms with Gasteiger partial charge in [-0.3, -0.25) is 0 Å². The molecular weight excluding hydrogens is 320 g/mol. The second kappa shape index (κ2) is 8.55. The van der Waals surface area contributed by atoms with Crippen molar-refractivity contribution in [2.75, 3.05) is 26.2 Å². The Morgan fingerprint density at radius 2 is 1.15 bits per heavy atom. The molecule has 0 amide bonds. The van der Waals surface area contributed by atoms with Gasteiger partial charge in [-0.1, -0.05) is 24.0 Å². The van der Waals surface area contributed by atoms with Crippen molar-refractivity contribution in [3.05, 3.63) is 59.7 Å². The molecule has 0 atom stereocenters. The lowest BCUT2D eigenvalue weighted by molar-refractivity contribution is 0.269. The first kappa shape index (κ1) is 17.3. The van der Waals surface area contributed by atoms with Gasteiger partial charge in [0.05, 0.1) is 24.1 Å². The fourth-order valence-electron chi connectivity index (χ4n) is 2.62. The van der Waals surface area contributed by atoms with E-state index in [4.69, 9.17) is 12.8 Å². The average Bonchev–Trinajstić information content (AvgIpc) is 2.72. The van der Waals surface area contributed by atoms with Crippen LogP contribution in [0.1, 0.15) is 11.1 Å². The van der Waals surface area contributed by atoms with E-state index in [0.717, 1.165) is 48.7 Å². The normalized spacial score (nSPS) is 14.5. The van der Waals surface area contributed by atoms with Gasteiger partial charge in [0.25, 0.3) is 0 Å². The van der Waals surface area contributed by atoms with Crippen LogP contribution in [0.4, 0.5) is 11.4 Å². The van der Waals surface area contributed by atoms with Crippen LogP contribution in [0.2, 0.25) is 0 Å². The van der Waals surface area contributed by atoms with E-state index in [2.05, 4.69) is 31.6 Å². The van der Waals surface area contributed by atoms with Gasteiger partial charge in [-0.05, 0) is 36.4 Å². The molecule has 3 rings (SSSR count). The summed E-state index contributed by atoms with van der Waals surface area (Å²) in [5.74, 6) is 5.25. The summed E-state index contributed by atoms with van der Waals surface area (Å²) in [7, 11) is 0. The molecule has 2 aromatic rings. The highest BCUT2D eigenvalue weighted by Crippen LogP contribution is 2.14. The maximum Gasteiger partial charge on any atom is 0.0913 e. The Labute approximate surface area is 154 Å². The number of benzene rings is 2. The molecule has 1 aliphatic heterocycles. The third-order valence-corrected chi connectivity index (χ3v) is 4.11. The SMILES string of the molecule is C#Cc1cccc(N=CN2CCN(C=Nc3cccc(C#C)c3)CC2)c1. The zero-order chi connectivity index (χ0) is 18.2. The van der Waals surface area contributed by atoms with Gasteiger partial charge in [0.2, 0.25) is 0 Å². The Morgan fingerprint density at radius 3 is 1.54 bits per heavy atom. The molecule has 0 saturated carbocycles. The Bertz CT molecular complexity index is 815. The van der Waals surface area contributed by atoms with Crippen molar-refractivity contribution < 1.29 is 0 Å². The second-order valence-electron chi connectivity index (χ2n) is 5.95. The van der Waals surface area contributed by atoms with Crippen LogP contribution in [0, 0.1) is 24.7 Å². The highest BCUT2D eigenvalue weighted by Gasteiger charge is 2.12. The number of piperazine rings is 1. The standard InChI is InChI=1S/C22H20N4/c1-3-19-7-5-9-21(15-19)23-17-25-11-13-26(14-12-25)18-24-22-10-6-8-20(4-2)16-22/h1-2,5-10,15-18H,11-14H2. The minimum Gasteiger partial charge on any atom is -0.359 e. The third kappa shape index (κ3) is 4.75. The molecule has 0 aliphatic carbocycles. The summed E-state index contributed by atoms with van der Waals surface area (Å²) in [6.07, 6.45) is 14.6. The molecule has 4 heteroatoms. The van der Waals surface area contributed by atoms with Crippen LogP contribution in [0.25, 0.3) is 0 Å². The van der Waals surface area contributed by atoms with Crippen LogP contribution >= 0.6 is 0 Å². The van der Waals surface area contributed by atoms with E-state index >= 15 is 0 Å². The van der Waals surface area contributed by atoms with Gasteiger partial charge in [-0.25, -0.2) is 9.98 Å². The first-order valence-electron chi connectivity index (χ1n) is 8.47. The van der Waals surface area contributed by atoms with Gasteiger partial charge in [0.15, 0.2) is 0 Å². The number of hydrogen-bond acceptors (Lipinski definition) is 2. The number of terminal acetylenes is 2. The maximum atomic E-state index is 5.42. The summed E-state index contributed by atoms with van der Waals surface area (Å²) in [6.45, 7) is 3.59. The second-order valence-corrected chi connectivity index (χ2v) is 5.95. The van der Waals surface area contributed by atoms with Gasteiger partial charge >= 0.3 is 0 Å². The van der Waals surface area contributed by atoms with E-state index in [-0.39, 0.29) is 0 Å². The molecule has 0 unspecified atom stereocenters. The first-order valence-corrected chi connectivity index (χ1v) is 8.47. The number of hydrogen-bond donors (Lipinski definition) is 0. The molecule has 128 valence electrons. The lowest BCUT2D eigenvalue weighted by atomic mass is 10.2. The molecule has 2 aromatic carbocycles. The fourth-order valence-corrected chi connectivity index (χ4v) is 2.62. The topological polar surface area (TPSA) is 31.2 Å². The Kier molecular flexibility index (Phi) is 5.70. The van der Waals surface area contributed by atoms with Crippen LogP contribution < -0.4 is 0 Å². The Morgan fingerprint density at radius 1 is 0.731 bits per heavy atom. The van der Waals surface area contributed by atoms with Crippen LogP contribution in [0.3, 0.4) is 0 Å². The Balaban J connectivity index is 1.52. The van der Waals surface area contributed by atoms with Gasteiger partial charge in [-0.2, -0.15) is 0 Å².